The van der Waals surface area contributed by atoms with Crippen molar-refractivity contribution in [2.24, 2.45) is 0 Å². The fourth-order valence-electron chi connectivity index (χ4n) is 10.9. The maximum Gasteiger partial charge on any atom is 0.166 e. The molecule has 0 N–H and O–H groups in total. The summed E-state index contributed by atoms with van der Waals surface area (Å²) in [6.07, 6.45) is 28.2. The quantitative estimate of drug-likeness (QED) is 0.0616. The van der Waals surface area contributed by atoms with E-state index < -0.39 is 34.9 Å². The average Bonchev–Trinajstić information content (AvgIpc) is 3.45. The van der Waals surface area contributed by atoms with E-state index >= 15 is 0 Å². The molecule has 7 heteroatoms. The van der Waals surface area contributed by atoms with Crippen LogP contribution in [0, 0.1) is 34.9 Å². The maximum atomic E-state index is 14.0. The molecule has 3 atom stereocenters. The molecule has 6 aromatic rings. The minimum absolute atomic E-state index is 0.396. The van der Waals surface area contributed by atoms with Crippen LogP contribution >= 0.6 is 0 Å². The zero-order chi connectivity index (χ0) is 52.9. The summed E-state index contributed by atoms with van der Waals surface area (Å²) in [5.41, 5.74) is 10.8. The lowest BCUT2D eigenvalue weighted by Gasteiger charge is -2.23. The Bertz CT molecular complexity index is 2810. The van der Waals surface area contributed by atoms with Crippen molar-refractivity contribution in [3.05, 3.63) is 225 Å². The normalized spacial score (nSPS) is 17.3. The Labute approximate surface area is 443 Å². The van der Waals surface area contributed by atoms with Crippen LogP contribution in [0.3, 0.4) is 0 Å². The summed E-state index contributed by atoms with van der Waals surface area (Å²) in [4.78, 5) is 0. The van der Waals surface area contributed by atoms with Crippen LogP contribution in [0.5, 0.6) is 5.75 Å². The first-order valence-electron chi connectivity index (χ1n) is 27.8. The van der Waals surface area contributed by atoms with Crippen LogP contribution in [0.4, 0.5) is 26.3 Å². The zero-order valence-electron chi connectivity index (χ0n) is 44.4. The molecule has 3 aliphatic rings. The molecule has 0 fully saturated rings. The van der Waals surface area contributed by atoms with Crippen molar-refractivity contribution in [1.29, 1.82) is 0 Å². The first kappa shape index (κ1) is 56.6. The van der Waals surface area contributed by atoms with E-state index in [4.69, 9.17) is 4.74 Å². The molecule has 0 aliphatic heterocycles. The summed E-state index contributed by atoms with van der Waals surface area (Å²) >= 11 is 0. The molecule has 396 valence electrons. The van der Waals surface area contributed by atoms with Crippen molar-refractivity contribution in [2.45, 2.75) is 160 Å². The number of aryl methyl sites for hydroxylation is 2. The third kappa shape index (κ3) is 16.2. The third-order valence-corrected chi connectivity index (χ3v) is 15.5. The van der Waals surface area contributed by atoms with Gasteiger partial charge in [-0.3, -0.25) is 0 Å². The van der Waals surface area contributed by atoms with E-state index in [1.807, 2.05) is 18.2 Å². The number of hydrogen-bond acceptors (Lipinski definition) is 1. The van der Waals surface area contributed by atoms with Crippen LogP contribution < -0.4 is 4.74 Å². The second-order valence-electron chi connectivity index (χ2n) is 20.6. The Kier molecular flexibility index (Phi) is 22.1. The monoisotopic (exact) mass is 1020 g/mol. The van der Waals surface area contributed by atoms with Crippen LogP contribution in [0.1, 0.15) is 192 Å². The van der Waals surface area contributed by atoms with Crippen molar-refractivity contribution < 1.29 is 31.1 Å². The molecule has 75 heavy (non-hydrogen) atoms. The number of rotatable bonds is 18. The Morgan fingerprint density at radius 1 is 0.387 bits per heavy atom. The summed E-state index contributed by atoms with van der Waals surface area (Å²) in [6.45, 7) is 4.48. The molecule has 0 radical (unpaired) electrons. The first-order chi connectivity index (χ1) is 36.6. The summed E-state index contributed by atoms with van der Waals surface area (Å²) in [5, 5.41) is 0. The number of hydrogen-bond donors (Lipinski definition) is 0. The van der Waals surface area contributed by atoms with Crippen molar-refractivity contribution in [2.75, 3.05) is 7.11 Å². The van der Waals surface area contributed by atoms with Crippen LogP contribution in [0.25, 0.3) is 16.7 Å². The summed E-state index contributed by atoms with van der Waals surface area (Å²) in [5.74, 6) is -2.26. The highest BCUT2D eigenvalue weighted by Crippen LogP contribution is 2.40. The molecule has 0 spiro atoms. The molecule has 9 rings (SSSR count). The molecular weight excluding hydrogens is 947 g/mol. The largest absolute Gasteiger partial charge is 0.497 e. The number of halogens is 6. The second-order valence-corrected chi connectivity index (χ2v) is 20.6. The number of benzene rings is 6. The first-order valence-corrected chi connectivity index (χ1v) is 27.8. The van der Waals surface area contributed by atoms with E-state index in [0.29, 0.717) is 34.4 Å². The molecule has 0 bridgehead atoms. The molecule has 1 nitrogen and oxygen atoms in total. The molecule has 6 aromatic carbocycles. The zero-order valence-corrected chi connectivity index (χ0v) is 44.4. The fraction of sp³-hybridized carbons (Fsp3) is 0.382. The number of unbranched alkanes of at least 4 members (excludes halogenated alkanes) is 7. The molecule has 0 amide bonds. The van der Waals surface area contributed by atoms with Crippen LogP contribution in [-0.4, -0.2) is 7.11 Å². The predicted molar refractivity (Wildman–Crippen MR) is 299 cm³/mol. The summed E-state index contributed by atoms with van der Waals surface area (Å²) in [7, 11) is 1.65. The lowest BCUT2D eigenvalue weighted by molar-refractivity contribution is 0.414. The van der Waals surface area contributed by atoms with Gasteiger partial charge in [0, 0.05) is 16.7 Å². The van der Waals surface area contributed by atoms with Gasteiger partial charge in [0.25, 0.3) is 0 Å². The predicted octanol–water partition coefficient (Wildman–Crippen LogP) is 20.6. The molecule has 0 saturated carbocycles. The molecular formula is C68H76F6O. The number of ether oxygens (including phenoxy) is 1. The fourth-order valence-corrected chi connectivity index (χ4v) is 10.9. The Balaban J connectivity index is 0.000000165. The minimum Gasteiger partial charge on any atom is -0.497 e. The highest BCUT2D eigenvalue weighted by Gasteiger charge is 2.23. The van der Waals surface area contributed by atoms with Gasteiger partial charge in [-0.2, -0.15) is 0 Å². The lowest BCUT2D eigenvalue weighted by Crippen LogP contribution is -2.05. The van der Waals surface area contributed by atoms with E-state index in [0.717, 1.165) is 99.2 Å². The van der Waals surface area contributed by atoms with E-state index in [1.54, 1.807) is 43.5 Å². The number of methoxy groups -OCH3 is 1. The third-order valence-electron chi connectivity index (χ3n) is 15.5. The van der Waals surface area contributed by atoms with Crippen molar-refractivity contribution >= 4 is 16.7 Å². The van der Waals surface area contributed by atoms with E-state index in [-0.39, 0.29) is 0 Å². The van der Waals surface area contributed by atoms with Gasteiger partial charge in [0.05, 0.1) is 7.11 Å². The van der Waals surface area contributed by atoms with Gasteiger partial charge in [0.2, 0.25) is 0 Å². The van der Waals surface area contributed by atoms with Crippen LogP contribution in [-0.2, 0) is 12.8 Å². The lowest BCUT2D eigenvalue weighted by atomic mass is 9.82. The van der Waals surface area contributed by atoms with Crippen molar-refractivity contribution in [3.8, 4) is 5.75 Å². The van der Waals surface area contributed by atoms with Gasteiger partial charge in [0.1, 0.15) is 5.75 Å². The summed E-state index contributed by atoms with van der Waals surface area (Å²) < 4.78 is 87.3. The van der Waals surface area contributed by atoms with Gasteiger partial charge in [-0.25, -0.2) is 26.3 Å². The Hall–Kier alpha value is -6.08. The Morgan fingerprint density at radius 2 is 0.707 bits per heavy atom. The van der Waals surface area contributed by atoms with Gasteiger partial charge in [-0.1, -0.05) is 174 Å². The Morgan fingerprint density at radius 3 is 1.01 bits per heavy atom. The van der Waals surface area contributed by atoms with Gasteiger partial charge in [-0.15, -0.1) is 0 Å². The van der Waals surface area contributed by atoms with E-state index in [2.05, 4.69) is 86.7 Å². The topological polar surface area (TPSA) is 9.23 Å². The van der Waals surface area contributed by atoms with Crippen LogP contribution in [0.15, 0.2) is 146 Å². The van der Waals surface area contributed by atoms with Gasteiger partial charge in [0.15, 0.2) is 34.9 Å². The van der Waals surface area contributed by atoms with Gasteiger partial charge >= 0.3 is 0 Å². The van der Waals surface area contributed by atoms with Crippen molar-refractivity contribution in [1.82, 2.24) is 0 Å². The molecule has 0 heterocycles. The maximum absolute atomic E-state index is 14.0. The summed E-state index contributed by atoms with van der Waals surface area (Å²) in [6, 6.07) is 39.4. The molecule has 0 saturated heterocycles. The van der Waals surface area contributed by atoms with Crippen molar-refractivity contribution in [3.63, 3.8) is 0 Å². The standard InChI is InChI=1S/C25H30F2.C24H28F2.C19H18F2O/c1-2-3-4-5-6-8-19-11-13-20(14-12-19)21-15-17-22(18-16-21)23-9-7-10-24(26)25(23)27;1-2-3-4-5-7-18-10-12-19(13-11-18)20-14-16-21(17-15-20)22-8-6-9-23(25)24(22)26;1-22-16-11-9-14(10-12-16)13-5-7-15(8-6-13)17-3-2-4-18(20)19(17)21/h7,9-14,17,21H,2-6,8,15-16,18H2,1H3;6,8-13,16,20H,2-5,7,14-15,17H2,1H3;2-4,7,9-13H,5-6,8H2,1H3. The average molecular weight is 1020 g/mol. The number of allylic oxidation sites excluding steroid dienone is 6. The molecule has 0 aromatic heterocycles. The second kappa shape index (κ2) is 29.3. The smallest absolute Gasteiger partial charge is 0.166 e. The van der Waals surface area contributed by atoms with Gasteiger partial charge < -0.3 is 4.74 Å². The van der Waals surface area contributed by atoms with Crippen LogP contribution in [0.2, 0.25) is 0 Å². The molecule has 3 aliphatic carbocycles. The minimum atomic E-state index is -0.782. The van der Waals surface area contributed by atoms with Gasteiger partial charge in [-0.05, 0) is 176 Å². The molecule has 3 unspecified atom stereocenters. The van der Waals surface area contributed by atoms with E-state index in [1.165, 1.54) is 97.7 Å². The SMILES string of the molecule is CCCCCCCc1ccc(C2CC=C(c3cccc(F)c3F)CC2)cc1.CCCCCCc1ccc(C2CC=C(c3cccc(F)c3F)CC2)cc1.COc1ccc(C2CC=C(c3cccc(F)c3F)CC2)cc1. The highest BCUT2D eigenvalue weighted by atomic mass is 19.2. The van der Waals surface area contributed by atoms with E-state index in [9.17, 15) is 26.3 Å². The highest BCUT2D eigenvalue weighted by molar-refractivity contribution is 5.69.